The third kappa shape index (κ3) is 3.00. The topological polar surface area (TPSA) is 66.6 Å². The van der Waals surface area contributed by atoms with Crippen molar-refractivity contribution in [2.45, 2.75) is 6.10 Å². The zero-order valence-electron chi connectivity index (χ0n) is 8.75. The molecule has 1 N–H and O–H groups in total. The van der Waals surface area contributed by atoms with Gasteiger partial charge >= 0.3 is 0 Å². The van der Waals surface area contributed by atoms with Gasteiger partial charge in [0.25, 0.3) is 5.69 Å². The van der Waals surface area contributed by atoms with Gasteiger partial charge in [0.15, 0.2) is 0 Å². The Bertz CT molecular complexity index is 352. The quantitative estimate of drug-likeness (QED) is 0.598. The van der Waals surface area contributed by atoms with Crippen LogP contribution < -0.4 is 0 Å². The largest absolute Gasteiger partial charge is 0.387 e. The number of likely N-dealkylation sites (N-methyl/N-ethyl adjacent to an activating group) is 1. The monoisotopic (exact) mass is 210 g/mol. The first-order valence-corrected chi connectivity index (χ1v) is 4.58. The van der Waals surface area contributed by atoms with Crippen molar-refractivity contribution in [3.8, 4) is 0 Å². The molecular weight excluding hydrogens is 196 g/mol. The predicted octanol–water partition coefficient (Wildman–Crippen LogP) is 1.19. The first-order chi connectivity index (χ1) is 7.02. The Labute approximate surface area is 88.1 Å². The zero-order chi connectivity index (χ0) is 11.4. The van der Waals surface area contributed by atoms with Crippen LogP contribution in [-0.2, 0) is 0 Å². The van der Waals surface area contributed by atoms with Gasteiger partial charge in [-0.2, -0.15) is 0 Å². The Balaban J connectivity index is 2.97. The van der Waals surface area contributed by atoms with E-state index in [4.69, 9.17) is 0 Å². The highest BCUT2D eigenvalue weighted by Crippen LogP contribution is 2.24. The number of aliphatic hydroxyl groups is 1. The molecule has 0 saturated carbocycles. The van der Waals surface area contributed by atoms with Crippen LogP contribution in [0.2, 0.25) is 0 Å². The average Bonchev–Trinajstić information content (AvgIpc) is 2.16. The van der Waals surface area contributed by atoms with Gasteiger partial charge in [-0.15, -0.1) is 0 Å². The summed E-state index contributed by atoms with van der Waals surface area (Å²) in [5.74, 6) is 0. The average molecular weight is 210 g/mol. The Morgan fingerprint density at radius 1 is 1.47 bits per heavy atom. The molecule has 15 heavy (non-hydrogen) atoms. The van der Waals surface area contributed by atoms with E-state index in [1.165, 1.54) is 6.07 Å². The maximum atomic E-state index is 10.7. The summed E-state index contributed by atoms with van der Waals surface area (Å²) in [6.45, 7) is 0.366. The van der Waals surface area contributed by atoms with E-state index >= 15 is 0 Å². The van der Waals surface area contributed by atoms with Crippen molar-refractivity contribution in [3.63, 3.8) is 0 Å². The van der Waals surface area contributed by atoms with E-state index in [0.29, 0.717) is 12.1 Å². The number of aliphatic hydroxyl groups excluding tert-OH is 1. The van der Waals surface area contributed by atoms with E-state index in [-0.39, 0.29) is 5.69 Å². The number of para-hydroxylation sites is 1. The molecule has 1 atom stereocenters. The Kier molecular flexibility index (Phi) is 3.76. The van der Waals surface area contributed by atoms with Gasteiger partial charge in [-0.05, 0) is 20.2 Å². The summed E-state index contributed by atoms with van der Waals surface area (Å²) in [5, 5.41) is 20.5. The van der Waals surface area contributed by atoms with Gasteiger partial charge in [-0.1, -0.05) is 12.1 Å². The molecule has 1 aromatic rings. The molecule has 1 aromatic carbocycles. The highest BCUT2D eigenvalue weighted by Gasteiger charge is 2.19. The Hall–Kier alpha value is -1.46. The number of nitro benzene ring substituents is 1. The molecule has 5 nitrogen and oxygen atoms in total. The molecule has 0 aliphatic carbocycles. The summed E-state index contributed by atoms with van der Waals surface area (Å²) in [6, 6.07) is 6.24. The summed E-state index contributed by atoms with van der Waals surface area (Å²) >= 11 is 0. The van der Waals surface area contributed by atoms with Gasteiger partial charge < -0.3 is 10.0 Å². The highest BCUT2D eigenvalue weighted by atomic mass is 16.6. The van der Waals surface area contributed by atoms with Gasteiger partial charge in [-0.3, -0.25) is 10.1 Å². The highest BCUT2D eigenvalue weighted by molar-refractivity contribution is 5.41. The summed E-state index contributed by atoms with van der Waals surface area (Å²) in [5.41, 5.74) is 0.322. The second kappa shape index (κ2) is 4.86. The molecule has 0 aliphatic heterocycles. The summed E-state index contributed by atoms with van der Waals surface area (Å²) in [7, 11) is 3.61. The fourth-order valence-electron chi connectivity index (χ4n) is 1.38. The summed E-state index contributed by atoms with van der Waals surface area (Å²) < 4.78 is 0. The lowest BCUT2D eigenvalue weighted by Crippen LogP contribution is -2.20. The molecule has 82 valence electrons. The number of nitrogens with zero attached hydrogens (tertiary/aromatic N) is 2. The fraction of sp³-hybridized carbons (Fsp3) is 0.400. The molecule has 0 aliphatic rings. The summed E-state index contributed by atoms with van der Waals surface area (Å²) in [4.78, 5) is 12.0. The lowest BCUT2D eigenvalue weighted by atomic mass is 10.1. The third-order valence-electron chi connectivity index (χ3n) is 2.03. The SMILES string of the molecule is CN(C)CC(O)c1ccccc1[N+](=O)[O-]. The molecule has 1 rings (SSSR count). The molecular formula is C10H14N2O3. The smallest absolute Gasteiger partial charge is 0.275 e. The minimum atomic E-state index is -0.832. The van der Waals surface area contributed by atoms with E-state index in [9.17, 15) is 15.2 Å². The molecule has 5 heteroatoms. The van der Waals surface area contributed by atoms with Crippen molar-refractivity contribution in [2.24, 2.45) is 0 Å². The lowest BCUT2D eigenvalue weighted by Gasteiger charge is -2.15. The van der Waals surface area contributed by atoms with Crippen molar-refractivity contribution in [2.75, 3.05) is 20.6 Å². The summed E-state index contributed by atoms with van der Waals surface area (Å²) in [6.07, 6.45) is -0.832. The zero-order valence-corrected chi connectivity index (χ0v) is 8.75. The van der Waals surface area contributed by atoms with Crippen LogP contribution in [0.25, 0.3) is 0 Å². The van der Waals surface area contributed by atoms with Crippen LogP contribution in [0, 0.1) is 10.1 Å². The molecule has 0 amide bonds. The van der Waals surface area contributed by atoms with Crippen LogP contribution in [0.15, 0.2) is 24.3 Å². The standard InChI is InChI=1S/C10H14N2O3/c1-11(2)7-10(13)8-5-3-4-6-9(8)12(14)15/h3-6,10,13H,7H2,1-2H3. The molecule has 1 unspecified atom stereocenters. The predicted molar refractivity (Wildman–Crippen MR) is 56.6 cm³/mol. The normalized spacial score (nSPS) is 12.8. The second-order valence-electron chi connectivity index (χ2n) is 3.59. The first-order valence-electron chi connectivity index (χ1n) is 4.58. The third-order valence-corrected chi connectivity index (χ3v) is 2.03. The van der Waals surface area contributed by atoms with E-state index in [0.717, 1.165) is 0 Å². The lowest BCUT2D eigenvalue weighted by molar-refractivity contribution is -0.386. The van der Waals surface area contributed by atoms with Crippen molar-refractivity contribution in [1.29, 1.82) is 0 Å². The van der Waals surface area contributed by atoms with Crippen LogP contribution >= 0.6 is 0 Å². The van der Waals surface area contributed by atoms with Gasteiger partial charge in [0.05, 0.1) is 16.6 Å². The van der Waals surface area contributed by atoms with Crippen LogP contribution in [0.1, 0.15) is 11.7 Å². The van der Waals surface area contributed by atoms with Gasteiger partial charge in [0.2, 0.25) is 0 Å². The van der Waals surface area contributed by atoms with Crippen LogP contribution in [-0.4, -0.2) is 35.6 Å². The van der Waals surface area contributed by atoms with Crippen molar-refractivity contribution < 1.29 is 10.0 Å². The van der Waals surface area contributed by atoms with E-state index < -0.39 is 11.0 Å². The molecule has 0 heterocycles. The maximum Gasteiger partial charge on any atom is 0.275 e. The number of hydrogen-bond acceptors (Lipinski definition) is 4. The molecule has 0 spiro atoms. The maximum absolute atomic E-state index is 10.7. The Morgan fingerprint density at radius 2 is 2.07 bits per heavy atom. The van der Waals surface area contributed by atoms with E-state index in [2.05, 4.69) is 0 Å². The molecule has 0 aromatic heterocycles. The number of nitro groups is 1. The number of hydrogen-bond donors (Lipinski definition) is 1. The van der Waals surface area contributed by atoms with Crippen molar-refractivity contribution >= 4 is 5.69 Å². The van der Waals surface area contributed by atoms with E-state index in [1.807, 2.05) is 0 Å². The van der Waals surface area contributed by atoms with Crippen LogP contribution in [0.4, 0.5) is 5.69 Å². The van der Waals surface area contributed by atoms with Crippen molar-refractivity contribution in [1.82, 2.24) is 4.90 Å². The van der Waals surface area contributed by atoms with Crippen LogP contribution in [0.5, 0.6) is 0 Å². The minimum absolute atomic E-state index is 0.0353. The molecule has 0 saturated heterocycles. The molecule has 0 fully saturated rings. The first kappa shape index (κ1) is 11.6. The number of rotatable bonds is 4. The minimum Gasteiger partial charge on any atom is -0.387 e. The molecule has 0 radical (unpaired) electrons. The van der Waals surface area contributed by atoms with Gasteiger partial charge in [0, 0.05) is 12.6 Å². The van der Waals surface area contributed by atoms with Crippen molar-refractivity contribution in [3.05, 3.63) is 39.9 Å². The number of benzene rings is 1. The van der Waals surface area contributed by atoms with Crippen LogP contribution in [0.3, 0.4) is 0 Å². The fourth-order valence-corrected chi connectivity index (χ4v) is 1.38. The van der Waals surface area contributed by atoms with E-state index in [1.54, 1.807) is 37.2 Å². The Morgan fingerprint density at radius 3 is 2.60 bits per heavy atom. The van der Waals surface area contributed by atoms with Gasteiger partial charge in [0.1, 0.15) is 0 Å². The second-order valence-corrected chi connectivity index (χ2v) is 3.59. The van der Waals surface area contributed by atoms with Gasteiger partial charge in [-0.25, -0.2) is 0 Å². The molecule has 0 bridgehead atoms.